The first-order chi connectivity index (χ1) is 19.0. The van der Waals surface area contributed by atoms with Crippen LogP contribution in [0.4, 0.5) is 10.6 Å². The van der Waals surface area contributed by atoms with Crippen molar-refractivity contribution in [2.24, 2.45) is 7.05 Å². The van der Waals surface area contributed by atoms with Gasteiger partial charge in [-0.2, -0.15) is 0 Å². The molecule has 2 aromatic heterocycles. The van der Waals surface area contributed by atoms with Crippen LogP contribution in [0.5, 0.6) is 5.75 Å². The number of benzene rings is 1. The Bertz CT molecular complexity index is 1230. The largest absolute Gasteiger partial charge is 0.415 e. The van der Waals surface area contributed by atoms with Gasteiger partial charge in [-0.05, 0) is 29.8 Å². The molecule has 2 aliphatic heterocycles. The average molecular weight is 534 g/mol. The lowest BCUT2D eigenvalue weighted by Gasteiger charge is -2.33. The average Bonchev–Trinajstić information content (AvgIpc) is 3.39. The second-order valence-electron chi connectivity index (χ2n) is 9.90. The molecule has 4 heterocycles. The van der Waals surface area contributed by atoms with Crippen LogP contribution in [0.15, 0.2) is 55.1 Å². The van der Waals surface area contributed by atoms with E-state index >= 15 is 0 Å². The highest BCUT2D eigenvalue weighted by molar-refractivity contribution is 6.03. The Labute approximate surface area is 228 Å². The minimum Gasteiger partial charge on any atom is -0.409 e. The zero-order chi connectivity index (χ0) is 27.0. The summed E-state index contributed by atoms with van der Waals surface area (Å²) in [6.07, 6.45) is 5.78. The predicted molar refractivity (Wildman–Crippen MR) is 146 cm³/mol. The molecule has 0 unspecified atom stereocenters. The summed E-state index contributed by atoms with van der Waals surface area (Å²) in [5.74, 6) is 0.479. The van der Waals surface area contributed by atoms with E-state index in [1.54, 1.807) is 17.0 Å². The van der Waals surface area contributed by atoms with E-state index in [0.29, 0.717) is 30.2 Å². The van der Waals surface area contributed by atoms with Crippen molar-refractivity contribution in [2.75, 3.05) is 64.3 Å². The highest BCUT2D eigenvalue weighted by Crippen LogP contribution is 2.16. The number of aryl methyl sites for hydroxylation is 1. The van der Waals surface area contributed by atoms with Gasteiger partial charge < -0.3 is 24.3 Å². The van der Waals surface area contributed by atoms with Gasteiger partial charge in [0, 0.05) is 77.6 Å². The molecule has 2 fully saturated rings. The van der Waals surface area contributed by atoms with E-state index in [0.717, 1.165) is 70.2 Å². The van der Waals surface area contributed by atoms with Crippen LogP contribution < -0.4 is 10.1 Å². The first-order valence-corrected chi connectivity index (χ1v) is 13.3. The van der Waals surface area contributed by atoms with Crippen molar-refractivity contribution >= 4 is 17.8 Å². The lowest BCUT2D eigenvalue weighted by Crippen LogP contribution is -2.49. The highest BCUT2D eigenvalue weighted by Gasteiger charge is 2.23. The fraction of sp³-hybridized carbons (Fsp3) is 0.429. The summed E-state index contributed by atoms with van der Waals surface area (Å²) in [6, 6.07) is 10.8. The number of pyridine rings is 1. The summed E-state index contributed by atoms with van der Waals surface area (Å²) >= 11 is 0. The number of hydrogen-bond acceptors (Lipinski definition) is 8. The van der Waals surface area contributed by atoms with Crippen molar-refractivity contribution in [3.8, 4) is 5.75 Å². The number of carbonyl (C=O) groups excluding carboxylic acids is 2. The molecule has 2 amide bonds. The molecule has 39 heavy (non-hydrogen) atoms. The minimum atomic E-state index is -0.393. The Morgan fingerprint density at radius 3 is 2.38 bits per heavy atom. The summed E-state index contributed by atoms with van der Waals surface area (Å²) in [7, 11) is 1.97. The maximum Gasteiger partial charge on any atom is 0.415 e. The van der Waals surface area contributed by atoms with Crippen molar-refractivity contribution in [1.82, 2.24) is 29.2 Å². The Morgan fingerprint density at radius 1 is 0.949 bits per heavy atom. The van der Waals surface area contributed by atoms with E-state index in [9.17, 15) is 9.59 Å². The fourth-order valence-corrected chi connectivity index (χ4v) is 4.67. The van der Waals surface area contributed by atoms with Crippen molar-refractivity contribution < 1.29 is 19.1 Å². The number of ether oxygens (including phenoxy) is 2. The van der Waals surface area contributed by atoms with Crippen LogP contribution >= 0.6 is 0 Å². The lowest BCUT2D eigenvalue weighted by molar-refractivity contribution is 0.0342. The molecule has 2 aliphatic rings. The van der Waals surface area contributed by atoms with Gasteiger partial charge in [-0.3, -0.25) is 14.6 Å². The van der Waals surface area contributed by atoms with E-state index < -0.39 is 6.09 Å². The molecular formula is C28H35N7O4. The summed E-state index contributed by atoms with van der Waals surface area (Å²) < 4.78 is 12.9. The molecule has 5 rings (SSSR count). The molecule has 0 radical (unpaired) electrons. The van der Waals surface area contributed by atoms with Gasteiger partial charge in [-0.1, -0.05) is 12.1 Å². The molecule has 11 nitrogen and oxygen atoms in total. The number of rotatable bonds is 8. The third-order valence-electron chi connectivity index (χ3n) is 6.98. The zero-order valence-corrected chi connectivity index (χ0v) is 22.3. The van der Waals surface area contributed by atoms with Gasteiger partial charge in [0.1, 0.15) is 5.82 Å². The van der Waals surface area contributed by atoms with Gasteiger partial charge in [-0.25, -0.2) is 14.8 Å². The predicted octanol–water partition coefficient (Wildman–Crippen LogP) is 2.26. The maximum absolute atomic E-state index is 12.7. The van der Waals surface area contributed by atoms with E-state index in [1.165, 1.54) is 6.20 Å². The normalized spacial score (nSPS) is 16.7. The summed E-state index contributed by atoms with van der Waals surface area (Å²) in [6.45, 7) is 7.91. The molecule has 3 aromatic rings. The third kappa shape index (κ3) is 7.62. The van der Waals surface area contributed by atoms with Crippen LogP contribution in [0, 0.1) is 0 Å². The third-order valence-corrected chi connectivity index (χ3v) is 6.98. The second kappa shape index (κ2) is 12.8. The molecule has 0 aliphatic carbocycles. The molecule has 206 valence electrons. The minimum absolute atomic E-state index is 0.244. The smallest absolute Gasteiger partial charge is 0.409 e. The number of hydrogen-bond donors (Lipinski definition) is 1. The van der Waals surface area contributed by atoms with Crippen LogP contribution in [0.25, 0.3) is 0 Å². The fourth-order valence-electron chi connectivity index (χ4n) is 4.67. The molecule has 1 N–H and O–H groups in total. The van der Waals surface area contributed by atoms with Gasteiger partial charge in [0.25, 0.3) is 5.91 Å². The van der Waals surface area contributed by atoms with Crippen molar-refractivity contribution in [1.29, 1.82) is 0 Å². The van der Waals surface area contributed by atoms with Crippen molar-refractivity contribution in [3.63, 3.8) is 0 Å². The van der Waals surface area contributed by atoms with Gasteiger partial charge in [0.15, 0.2) is 5.75 Å². The van der Waals surface area contributed by atoms with E-state index in [1.807, 2.05) is 48.4 Å². The van der Waals surface area contributed by atoms with Gasteiger partial charge in [-0.15, -0.1) is 0 Å². The van der Waals surface area contributed by atoms with Crippen LogP contribution in [0.2, 0.25) is 0 Å². The molecule has 11 heteroatoms. The molecule has 0 bridgehead atoms. The topological polar surface area (TPSA) is 105 Å². The molecule has 2 saturated heterocycles. The molecular weight excluding hydrogens is 498 g/mol. The van der Waals surface area contributed by atoms with Crippen LogP contribution in [0.1, 0.15) is 21.6 Å². The first-order valence-electron chi connectivity index (χ1n) is 13.3. The number of piperazine rings is 1. The van der Waals surface area contributed by atoms with E-state index in [4.69, 9.17) is 9.47 Å². The number of nitrogens with zero attached hydrogens (tertiary/aromatic N) is 6. The number of imidazole rings is 1. The molecule has 0 saturated carbocycles. The number of amides is 2. The summed E-state index contributed by atoms with van der Waals surface area (Å²) in [5.41, 5.74) is 2.78. The van der Waals surface area contributed by atoms with E-state index in [-0.39, 0.29) is 5.91 Å². The van der Waals surface area contributed by atoms with E-state index in [2.05, 4.69) is 25.1 Å². The Kier molecular flexibility index (Phi) is 8.82. The Balaban J connectivity index is 1.04. The van der Waals surface area contributed by atoms with Gasteiger partial charge in [0.05, 0.1) is 31.4 Å². The highest BCUT2D eigenvalue weighted by atomic mass is 16.6. The van der Waals surface area contributed by atoms with Crippen molar-refractivity contribution in [3.05, 3.63) is 71.9 Å². The second-order valence-corrected chi connectivity index (χ2v) is 9.90. The number of morpholine rings is 1. The van der Waals surface area contributed by atoms with Crippen LogP contribution in [-0.4, -0.2) is 100 Å². The van der Waals surface area contributed by atoms with Crippen molar-refractivity contribution in [2.45, 2.75) is 13.0 Å². The maximum atomic E-state index is 12.7. The quantitative estimate of drug-likeness (QED) is 0.470. The Morgan fingerprint density at radius 2 is 1.72 bits per heavy atom. The standard InChI is InChI=1S/C28H35N7O4/c1-32-20-24(30-21-32)8-9-33-10-12-35(13-11-33)28(37)39-25-6-7-26(29-18-25)31-27(36)23-4-2-22(3-5-23)19-34-14-16-38-17-15-34/h2-7,18,20-21H,8-17,19H2,1H3,(H,29,31,36). The Hall–Kier alpha value is -3.80. The number of anilines is 1. The zero-order valence-electron chi connectivity index (χ0n) is 22.3. The monoisotopic (exact) mass is 533 g/mol. The van der Waals surface area contributed by atoms with Gasteiger partial charge >= 0.3 is 6.09 Å². The lowest BCUT2D eigenvalue weighted by atomic mass is 10.1. The molecule has 1 aromatic carbocycles. The van der Waals surface area contributed by atoms with Crippen LogP contribution in [-0.2, 0) is 24.8 Å². The number of nitrogens with one attached hydrogen (secondary N) is 1. The summed E-state index contributed by atoms with van der Waals surface area (Å²) in [4.78, 5) is 40.3. The molecule has 0 spiro atoms. The number of aromatic nitrogens is 3. The summed E-state index contributed by atoms with van der Waals surface area (Å²) in [5, 5.41) is 2.79. The number of carbonyl (C=O) groups is 2. The van der Waals surface area contributed by atoms with Crippen LogP contribution in [0.3, 0.4) is 0 Å². The first kappa shape index (κ1) is 26.8. The van der Waals surface area contributed by atoms with Gasteiger partial charge in [0.2, 0.25) is 0 Å². The SMILES string of the molecule is Cn1cnc(CCN2CCN(C(=O)Oc3ccc(NC(=O)c4ccc(CN5CCOCC5)cc4)nc3)CC2)c1. The molecule has 0 atom stereocenters.